The highest BCUT2D eigenvalue weighted by Crippen LogP contribution is 2.23. The summed E-state index contributed by atoms with van der Waals surface area (Å²) in [5.74, 6) is 0. The predicted molar refractivity (Wildman–Crippen MR) is 49.9 cm³/mol. The van der Waals surface area contributed by atoms with Crippen LogP contribution in [0.3, 0.4) is 0 Å². The molecule has 1 N–H and O–H groups in total. The second-order valence-corrected chi connectivity index (χ2v) is 3.55. The Labute approximate surface area is 90.2 Å². The van der Waals surface area contributed by atoms with E-state index in [4.69, 9.17) is 11.6 Å². The Kier molecular flexibility index (Phi) is 3.38. The Hall–Kier alpha value is -0.750. The molecule has 0 aliphatic heterocycles. The molecule has 0 saturated carbocycles. The van der Waals surface area contributed by atoms with E-state index in [1.54, 1.807) is 0 Å². The summed E-state index contributed by atoms with van der Waals surface area (Å²) in [6, 6.07) is 0.874. The molecule has 0 bridgehead atoms. The lowest BCUT2D eigenvalue weighted by Gasteiger charge is -2.04. The summed E-state index contributed by atoms with van der Waals surface area (Å²) in [7, 11) is 0. The molecule has 0 atom stereocenters. The lowest BCUT2D eigenvalue weighted by Crippen LogP contribution is -2.14. The number of aromatic amines is 1. The molecule has 0 unspecified atom stereocenters. The third-order valence-corrected chi connectivity index (χ3v) is 2.24. The van der Waals surface area contributed by atoms with Crippen LogP contribution in [0.5, 0.6) is 0 Å². The van der Waals surface area contributed by atoms with Crippen LogP contribution in [-0.4, -0.2) is 10.2 Å². The van der Waals surface area contributed by atoms with E-state index in [1.165, 1.54) is 0 Å². The summed E-state index contributed by atoms with van der Waals surface area (Å²) in [5, 5.41) is -1.12. The lowest BCUT2D eigenvalue weighted by molar-refractivity contribution is 0.106. The summed E-state index contributed by atoms with van der Waals surface area (Å²) in [6.45, 7) is 0. The number of rotatable bonds is 2. The van der Waals surface area contributed by atoms with Gasteiger partial charge in [-0.05, 0) is 33.6 Å². The van der Waals surface area contributed by atoms with Crippen LogP contribution in [0, 0.1) is 0 Å². The van der Waals surface area contributed by atoms with E-state index in [-0.39, 0.29) is 4.47 Å². The predicted octanol–water partition coefficient (Wildman–Crippen LogP) is 2.45. The molecular weight excluding hydrogens is 283 g/mol. The normalized spacial score (nSPS) is 10.6. The summed E-state index contributed by atoms with van der Waals surface area (Å²) >= 11 is 7.79. The lowest BCUT2D eigenvalue weighted by atomic mass is 10.2. The van der Waals surface area contributed by atoms with Crippen LogP contribution in [-0.2, 0) is 0 Å². The third-order valence-electron chi connectivity index (χ3n) is 1.46. The van der Waals surface area contributed by atoms with Crippen molar-refractivity contribution >= 4 is 32.8 Å². The number of hydrogen-bond acceptors (Lipinski definition) is 2. The highest BCUT2D eigenvalue weighted by atomic mass is 79.9. The molecule has 1 aromatic heterocycles. The van der Waals surface area contributed by atoms with Gasteiger partial charge in [0.15, 0.2) is 0 Å². The maximum Gasteiger partial charge on any atom is 0.269 e. The van der Waals surface area contributed by atoms with Gasteiger partial charge in [0.05, 0.1) is 4.47 Å². The quantitative estimate of drug-likeness (QED) is 0.849. The van der Waals surface area contributed by atoms with Crippen LogP contribution in [0.15, 0.2) is 15.3 Å². The van der Waals surface area contributed by atoms with Gasteiger partial charge in [0.2, 0.25) is 0 Å². The fourth-order valence-corrected chi connectivity index (χ4v) is 1.36. The number of aromatic nitrogens is 1. The number of alkyl halides is 2. The Morgan fingerprint density at radius 1 is 1.57 bits per heavy atom. The maximum atomic E-state index is 12.3. The Bertz CT molecular complexity index is 432. The molecule has 3 nitrogen and oxygen atoms in total. The van der Waals surface area contributed by atoms with E-state index >= 15 is 0 Å². The third kappa shape index (κ3) is 2.19. The standard InChI is InChI=1S/C7H3BrClF2NO2/c8-3-1-2(6(10)11)4(5(9)13)12-7(3)14/h1,6H,(H,12,14). The largest absolute Gasteiger partial charge is 0.317 e. The molecule has 0 aromatic carbocycles. The van der Waals surface area contributed by atoms with E-state index in [0.29, 0.717) is 0 Å². The monoisotopic (exact) mass is 285 g/mol. The van der Waals surface area contributed by atoms with Gasteiger partial charge in [-0.25, -0.2) is 8.78 Å². The number of carbonyl (C=O) groups excluding carboxylic acids is 1. The van der Waals surface area contributed by atoms with Gasteiger partial charge in [0, 0.05) is 5.56 Å². The number of carbonyl (C=O) groups is 1. The summed E-state index contributed by atoms with van der Waals surface area (Å²) in [5.41, 5.74) is -1.86. The molecule has 14 heavy (non-hydrogen) atoms. The molecule has 0 aliphatic carbocycles. The summed E-state index contributed by atoms with van der Waals surface area (Å²) < 4.78 is 24.6. The molecule has 76 valence electrons. The van der Waals surface area contributed by atoms with Crippen LogP contribution < -0.4 is 5.56 Å². The molecule has 0 saturated heterocycles. The van der Waals surface area contributed by atoms with E-state index in [1.807, 2.05) is 4.98 Å². The number of nitrogens with one attached hydrogen (secondary N) is 1. The van der Waals surface area contributed by atoms with Crippen molar-refractivity contribution in [2.24, 2.45) is 0 Å². The first-order chi connectivity index (χ1) is 6.43. The van der Waals surface area contributed by atoms with Crippen molar-refractivity contribution in [3.63, 3.8) is 0 Å². The van der Waals surface area contributed by atoms with Gasteiger partial charge in [-0.15, -0.1) is 0 Å². The highest BCUT2D eigenvalue weighted by molar-refractivity contribution is 9.10. The van der Waals surface area contributed by atoms with Crippen LogP contribution in [0.2, 0.25) is 0 Å². The summed E-state index contributed by atoms with van der Waals surface area (Å²) in [4.78, 5) is 23.6. The fraction of sp³-hybridized carbons (Fsp3) is 0.143. The smallest absolute Gasteiger partial charge is 0.269 e. The van der Waals surface area contributed by atoms with Crippen LogP contribution >= 0.6 is 27.5 Å². The van der Waals surface area contributed by atoms with Crippen molar-refractivity contribution in [3.8, 4) is 0 Å². The van der Waals surface area contributed by atoms with Gasteiger partial charge < -0.3 is 4.98 Å². The SMILES string of the molecule is O=C(Cl)c1[nH]c(=O)c(Br)cc1C(F)F. The number of halogens is 4. The minimum absolute atomic E-state index is 0.0746. The first-order valence-electron chi connectivity index (χ1n) is 3.34. The molecular formula is C7H3BrClF2NO2. The Morgan fingerprint density at radius 3 is 2.57 bits per heavy atom. The van der Waals surface area contributed by atoms with Gasteiger partial charge in [-0.3, -0.25) is 9.59 Å². The van der Waals surface area contributed by atoms with Crippen molar-refractivity contribution < 1.29 is 13.6 Å². The van der Waals surface area contributed by atoms with Crippen LogP contribution in [0.25, 0.3) is 0 Å². The minimum atomic E-state index is -2.87. The van der Waals surface area contributed by atoms with Gasteiger partial charge in [-0.1, -0.05) is 0 Å². The number of pyridine rings is 1. The molecule has 0 fully saturated rings. The van der Waals surface area contributed by atoms with Crippen molar-refractivity contribution in [2.75, 3.05) is 0 Å². The number of H-pyrrole nitrogens is 1. The average Bonchev–Trinajstić information content (AvgIpc) is 2.08. The first-order valence-corrected chi connectivity index (χ1v) is 4.51. The average molecular weight is 286 g/mol. The molecule has 1 heterocycles. The van der Waals surface area contributed by atoms with Gasteiger partial charge in [0.1, 0.15) is 5.69 Å². The molecule has 0 amide bonds. The van der Waals surface area contributed by atoms with Crippen molar-refractivity contribution in [3.05, 3.63) is 32.2 Å². The van der Waals surface area contributed by atoms with Crippen LogP contribution in [0.4, 0.5) is 8.78 Å². The minimum Gasteiger partial charge on any atom is -0.317 e. The fourth-order valence-electron chi connectivity index (χ4n) is 0.854. The van der Waals surface area contributed by atoms with E-state index in [0.717, 1.165) is 6.07 Å². The zero-order chi connectivity index (χ0) is 10.9. The summed E-state index contributed by atoms with van der Waals surface area (Å²) in [6.07, 6.45) is -2.87. The molecule has 7 heteroatoms. The maximum absolute atomic E-state index is 12.3. The molecule has 1 rings (SSSR count). The number of hydrogen-bond donors (Lipinski definition) is 1. The molecule has 1 aromatic rings. The van der Waals surface area contributed by atoms with Crippen molar-refractivity contribution in [2.45, 2.75) is 6.43 Å². The van der Waals surface area contributed by atoms with E-state index < -0.39 is 28.5 Å². The van der Waals surface area contributed by atoms with Crippen molar-refractivity contribution in [1.29, 1.82) is 0 Å². The zero-order valence-electron chi connectivity index (χ0n) is 6.48. The van der Waals surface area contributed by atoms with Gasteiger partial charge in [-0.2, -0.15) is 0 Å². The Morgan fingerprint density at radius 2 is 2.14 bits per heavy atom. The zero-order valence-corrected chi connectivity index (χ0v) is 8.82. The van der Waals surface area contributed by atoms with Gasteiger partial charge in [0.25, 0.3) is 17.2 Å². The molecule has 0 aliphatic rings. The second kappa shape index (κ2) is 4.18. The van der Waals surface area contributed by atoms with Crippen LogP contribution in [0.1, 0.15) is 22.5 Å². The first kappa shape index (κ1) is 11.3. The van der Waals surface area contributed by atoms with E-state index in [9.17, 15) is 18.4 Å². The van der Waals surface area contributed by atoms with Crippen molar-refractivity contribution in [1.82, 2.24) is 4.98 Å². The highest BCUT2D eigenvalue weighted by Gasteiger charge is 2.19. The molecule has 0 radical (unpaired) electrons. The van der Waals surface area contributed by atoms with Gasteiger partial charge >= 0.3 is 0 Å². The second-order valence-electron chi connectivity index (χ2n) is 2.35. The molecule has 0 spiro atoms. The Balaban J connectivity index is 3.47. The van der Waals surface area contributed by atoms with E-state index in [2.05, 4.69) is 15.9 Å². The topological polar surface area (TPSA) is 49.9 Å².